The van der Waals surface area contributed by atoms with Crippen LogP contribution in [0.5, 0.6) is 5.75 Å². The standard InChI is InChI=1S/C14H16N2O2/c1-18-14-4-2-12(3-5-14)10-13(17)6-8-16-9-7-15-11-16/h2-5,7,9,11H,6,8,10H2,1H3. The van der Waals surface area contributed by atoms with E-state index in [1.54, 1.807) is 19.6 Å². The fraction of sp³-hybridized carbons (Fsp3) is 0.286. The van der Waals surface area contributed by atoms with E-state index < -0.39 is 0 Å². The molecule has 0 aliphatic carbocycles. The van der Waals surface area contributed by atoms with Crippen LogP contribution in [0.15, 0.2) is 43.0 Å². The minimum Gasteiger partial charge on any atom is -0.497 e. The second-order valence-corrected chi connectivity index (χ2v) is 4.11. The molecule has 1 aromatic carbocycles. The summed E-state index contributed by atoms with van der Waals surface area (Å²) in [7, 11) is 1.63. The molecule has 0 radical (unpaired) electrons. The van der Waals surface area contributed by atoms with Crippen LogP contribution in [0.2, 0.25) is 0 Å². The number of Topliss-reactive ketones (excluding diaryl/α,β-unsaturated/α-hetero) is 1. The van der Waals surface area contributed by atoms with Gasteiger partial charge in [-0.3, -0.25) is 4.79 Å². The van der Waals surface area contributed by atoms with E-state index in [2.05, 4.69) is 4.98 Å². The summed E-state index contributed by atoms with van der Waals surface area (Å²) in [6.07, 6.45) is 6.30. The van der Waals surface area contributed by atoms with Gasteiger partial charge in [-0.15, -0.1) is 0 Å². The van der Waals surface area contributed by atoms with Crippen LogP contribution >= 0.6 is 0 Å². The molecule has 18 heavy (non-hydrogen) atoms. The second-order valence-electron chi connectivity index (χ2n) is 4.11. The van der Waals surface area contributed by atoms with E-state index >= 15 is 0 Å². The first-order valence-corrected chi connectivity index (χ1v) is 5.88. The van der Waals surface area contributed by atoms with E-state index in [0.29, 0.717) is 19.4 Å². The molecule has 1 aromatic heterocycles. The zero-order chi connectivity index (χ0) is 12.8. The molecule has 0 fully saturated rings. The lowest BCUT2D eigenvalue weighted by atomic mass is 10.1. The molecule has 2 rings (SSSR count). The lowest BCUT2D eigenvalue weighted by Gasteiger charge is -2.04. The summed E-state index contributed by atoms with van der Waals surface area (Å²) < 4.78 is 6.98. The van der Waals surface area contributed by atoms with Crippen LogP contribution in [0.4, 0.5) is 0 Å². The van der Waals surface area contributed by atoms with Crippen molar-refractivity contribution in [3.63, 3.8) is 0 Å². The Kier molecular flexibility index (Phi) is 4.12. The fourth-order valence-electron chi connectivity index (χ4n) is 1.73. The zero-order valence-corrected chi connectivity index (χ0v) is 10.4. The summed E-state index contributed by atoms with van der Waals surface area (Å²) in [4.78, 5) is 15.7. The lowest BCUT2D eigenvalue weighted by molar-refractivity contribution is -0.118. The van der Waals surface area contributed by atoms with Gasteiger partial charge in [-0.1, -0.05) is 12.1 Å². The van der Waals surface area contributed by atoms with E-state index in [4.69, 9.17) is 4.74 Å². The van der Waals surface area contributed by atoms with Crippen LogP contribution in [0.1, 0.15) is 12.0 Å². The highest BCUT2D eigenvalue weighted by Gasteiger charge is 2.04. The van der Waals surface area contributed by atoms with Crippen LogP contribution < -0.4 is 4.74 Å². The Morgan fingerprint density at radius 3 is 2.72 bits per heavy atom. The maximum Gasteiger partial charge on any atom is 0.139 e. The molecule has 1 heterocycles. The minimum atomic E-state index is 0.230. The molecule has 0 unspecified atom stereocenters. The number of aromatic nitrogens is 2. The van der Waals surface area contributed by atoms with Crippen molar-refractivity contribution in [3.8, 4) is 5.75 Å². The van der Waals surface area contributed by atoms with Crippen molar-refractivity contribution < 1.29 is 9.53 Å². The predicted molar refractivity (Wildman–Crippen MR) is 68.5 cm³/mol. The first-order chi connectivity index (χ1) is 8.78. The van der Waals surface area contributed by atoms with Gasteiger partial charge < -0.3 is 9.30 Å². The van der Waals surface area contributed by atoms with Gasteiger partial charge in [0.25, 0.3) is 0 Å². The number of hydrogen-bond acceptors (Lipinski definition) is 3. The van der Waals surface area contributed by atoms with E-state index in [0.717, 1.165) is 11.3 Å². The van der Waals surface area contributed by atoms with Crippen molar-refractivity contribution in [2.24, 2.45) is 0 Å². The van der Waals surface area contributed by atoms with Crippen molar-refractivity contribution in [2.45, 2.75) is 19.4 Å². The molecule has 0 amide bonds. The SMILES string of the molecule is COc1ccc(CC(=O)CCn2ccnc2)cc1. The number of hydrogen-bond donors (Lipinski definition) is 0. The smallest absolute Gasteiger partial charge is 0.139 e. The monoisotopic (exact) mass is 244 g/mol. The van der Waals surface area contributed by atoms with Gasteiger partial charge in [-0.2, -0.15) is 0 Å². The van der Waals surface area contributed by atoms with Crippen molar-refractivity contribution in [2.75, 3.05) is 7.11 Å². The Balaban J connectivity index is 1.83. The normalized spacial score (nSPS) is 10.3. The Bertz CT molecular complexity index is 489. The van der Waals surface area contributed by atoms with E-state index in [1.807, 2.05) is 35.0 Å². The third-order valence-electron chi connectivity index (χ3n) is 2.77. The maximum absolute atomic E-state index is 11.8. The molecule has 0 aliphatic rings. The Hall–Kier alpha value is -2.10. The third kappa shape index (κ3) is 3.45. The molecule has 4 heteroatoms. The third-order valence-corrected chi connectivity index (χ3v) is 2.77. The number of ether oxygens (including phenoxy) is 1. The number of carbonyl (C=O) groups excluding carboxylic acids is 1. The number of aryl methyl sites for hydroxylation is 1. The van der Waals surface area contributed by atoms with E-state index in [-0.39, 0.29) is 5.78 Å². The molecule has 0 atom stereocenters. The van der Waals surface area contributed by atoms with Gasteiger partial charge in [0.15, 0.2) is 0 Å². The predicted octanol–water partition coefficient (Wildman–Crippen LogP) is 2.09. The molecular weight excluding hydrogens is 228 g/mol. The highest BCUT2D eigenvalue weighted by molar-refractivity contribution is 5.80. The summed E-state index contributed by atoms with van der Waals surface area (Å²) in [5.74, 6) is 1.04. The summed E-state index contributed by atoms with van der Waals surface area (Å²) >= 11 is 0. The zero-order valence-electron chi connectivity index (χ0n) is 10.4. The highest BCUT2D eigenvalue weighted by atomic mass is 16.5. The number of benzene rings is 1. The van der Waals surface area contributed by atoms with Gasteiger partial charge in [0, 0.05) is 31.8 Å². The highest BCUT2D eigenvalue weighted by Crippen LogP contribution is 2.12. The van der Waals surface area contributed by atoms with Crippen LogP contribution in [-0.4, -0.2) is 22.4 Å². The van der Waals surface area contributed by atoms with Crippen molar-refractivity contribution in [3.05, 3.63) is 48.5 Å². The number of carbonyl (C=O) groups is 1. The quantitative estimate of drug-likeness (QED) is 0.781. The lowest BCUT2D eigenvalue weighted by Crippen LogP contribution is -2.07. The van der Waals surface area contributed by atoms with Gasteiger partial charge in [0.05, 0.1) is 13.4 Å². The minimum absolute atomic E-state index is 0.230. The van der Waals surface area contributed by atoms with Gasteiger partial charge in [0.1, 0.15) is 11.5 Å². The van der Waals surface area contributed by atoms with Crippen molar-refractivity contribution >= 4 is 5.78 Å². The Labute approximate surface area is 106 Å². The van der Waals surface area contributed by atoms with Crippen LogP contribution in [0.3, 0.4) is 0 Å². The number of rotatable bonds is 6. The molecule has 0 bridgehead atoms. The largest absolute Gasteiger partial charge is 0.497 e. The summed E-state index contributed by atoms with van der Waals surface area (Å²) in [5.41, 5.74) is 1.02. The van der Waals surface area contributed by atoms with Gasteiger partial charge in [-0.05, 0) is 17.7 Å². The molecule has 0 saturated carbocycles. The topological polar surface area (TPSA) is 44.1 Å². The molecular formula is C14H16N2O2. The number of ketones is 1. The average Bonchev–Trinajstić information content (AvgIpc) is 2.90. The van der Waals surface area contributed by atoms with E-state index in [9.17, 15) is 4.79 Å². The Morgan fingerprint density at radius 1 is 1.33 bits per heavy atom. The number of imidazole rings is 1. The second kappa shape index (κ2) is 6.00. The van der Waals surface area contributed by atoms with Crippen molar-refractivity contribution in [1.29, 1.82) is 0 Å². The number of methoxy groups -OCH3 is 1. The first-order valence-electron chi connectivity index (χ1n) is 5.88. The molecule has 2 aromatic rings. The maximum atomic E-state index is 11.8. The average molecular weight is 244 g/mol. The van der Waals surface area contributed by atoms with Crippen LogP contribution in [-0.2, 0) is 17.8 Å². The van der Waals surface area contributed by atoms with Crippen molar-refractivity contribution in [1.82, 2.24) is 9.55 Å². The van der Waals surface area contributed by atoms with Gasteiger partial charge in [0.2, 0.25) is 0 Å². The first kappa shape index (κ1) is 12.4. The molecule has 0 aliphatic heterocycles. The Morgan fingerprint density at radius 2 is 2.11 bits per heavy atom. The number of nitrogens with zero attached hydrogens (tertiary/aromatic N) is 2. The molecule has 4 nitrogen and oxygen atoms in total. The van der Waals surface area contributed by atoms with Crippen LogP contribution in [0.25, 0.3) is 0 Å². The molecule has 0 spiro atoms. The van der Waals surface area contributed by atoms with Gasteiger partial charge in [-0.25, -0.2) is 4.98 Å². The summed E-state index contributed by atoms with van der Waals surface area (Å²) in [6, 6.07) is 7.60. The van der Waals surface area contributed by atoms with E-state index in [1.165, 1.54) is 0 Å². The van der Waals surface area contributed by atoms with Crippen LogP contribution in [0, 0.1) is 0 Å². The summed E-state index contributed by atoms with van der Waals surface area (Å²) in [6.45, 7) is 0.689. The fourth-order valence-corrected chi connectivity index (χ4v) is 1.73. The molecule has 0 saturated heterocycles. The molecule has 0 N–H and O–H groups in total. The van der Waals surface area contributed by atoms with Gasteiger partial charge >= 0.3 is 0 Å². The molecule has 94 valence electrons. The summed E-state index contributed by atoms with van der Waals surface area (Å²) in [5, 5.41) is 0.